The van der Waals surface area contributed by atoms with E-state index in [1.807, 2.05) is 12.1 Å². The molecule has 0 unspecified atom stereocenters. The summed E-state index contributed by atoms with van der Waals surface area (Å²) in [6.45, 7) is 0.591. The summed E-state index contributed by atoms with van der Waals surface area (Å²) in [5.74, 6) is 0.440. The van der Waals surface area contributed by atoms with Crippen LogP contribution in [0.4, 0.5) is 5.69 Å². The van der Waals surface area contributed by atoms with Crippen LogP contribution in [0.15, 0.2) is 34.4 Å². The fourth-order valence-corrected chi connectivity index (χ4v) is 2.24. The molecule has 6 nitrogen and oxygen atoms in total. The smallest absolute Gasteiger partial charge is 0.304 e. The number of ether oxygens (including phenoxy) is 1. The molecule has 106 valence electrons. The van der Waals surface area contributed by atoms with Crippen LogP contribution in [0.3, 0.4) is 0 Å². The predicted molar refractivity (Wildman–Crippen MR) is 78.3 cm³/mol. The highest BCUT2D eigenvalue weighted by Crippen LogP contribution is 2.22. The molecule has 0 saturated heterocycles. The Morgan fingerprint density at radius 2 is 2.20 bits per heavy atom. The quantitative estimate of drug-likeness (QED) is 0.746. The minimum atomic E-state index is -0.174. The highest BCUT2D eigenvalue weighted by Gasteiger charge is 2.06. The van der Waals surface area contributed by atoms with Gasteiger partial charge in [0.25, 0.3) is 0 Å². The molecule has 1 heterocycles. The lowest BCUT2D eigenvalue weighted by Crippen LogP contribution is -2.28. The second kappa shape index (κ2) is 6.88. The maximum Gasteiger partial charge on any atom is 0.304 e. The number of methoxy groups -OCH3 is 1. The predicted octanol–water partition coefficient (Wildman–Crippen LogP) is 1.17. The number of hydrogen-bond acceptors (Lipinski definition) is 5. The van der Waals surface area contributed by atoms with Crippen LogP contribution in [0, 0.1) is 0 Å². The molecule has 7 heteroatoms. The molecule has 0 fully saturated rings. The van der Waals surface area contributed by atoms with Gasteiger partial charge in [-0.2, -0.15) is 0 Å². The molecular weight excluding hydrogens is 278 g/mol. The molecule has 0 aliphatic rings. The maximum absolute atomic E-state index is 11.8. The lowest BCUT2D eigenvalue weighted by molar-refractivity contribution is -0.115. The number of aromatic nitrogens is 1. The first kappa shape index (κ1) is 14.3. The van der Waals surface area contributed by atoms with Crippen molar-refractivity contribution in [1.29, 1.82) is 0 Å². The van der Waals surface area contributed by atoms with Crippen molar-refractivity contribution in [1.82, 2.24) is 10.3 Å². The Morgan fingerprint density at radius 3 is 2.90 bits per heavy atom. The van der Waals surface area contributed by atoms with E-state index in [1.54, 1.807) is 24.6 Å². The van der Waals surface area contributed by atoms with Crippen LogP contribution in [-0.2, 0) is 11.3 Å². The molecular formula is C13H15N3O3S. The number of hydrogen-bond donors (Lipinski definition) is 3. The van der Waals surface area contributed by atoms with Crippen molar-refractivity contribution in [2.75, 3.05) is 19.0 Å². The average molecular weight is 293 g/mol. The van der Waals surface area contributed by atoms with Crippen molar-refractivity contribution in [3.8, 4) is 5.75 Å². The van der Waals surface area contributed by atoms with E-state index >= 15 is 0 Å². The normalized spacial score (nSPS) is 10.2. The standard InChI is InChI=1S/C13H15N3O3S/c1-19-11-5-3-2-4-10(11)16-12(17)7-14-6-9-8-20-13(18)15-9/h2-5,8,14H,6-7H2,1H3,(H,15,18)(H,16,17). The Bertz CT molecular complexity index is 636. The molecule has 0 radical (unpaired) electrons. The number of benzene rings is 1. The minimum Gasteiger partial charge on any atom is -0.495 e. The summed E-state index contributed by atoms with van der Waals surface area (Å²) in [7, 11) is 1.55. The van der Waals surface area contributed by atoms with E-state index in [0.29, 0.717) is 18.0 Å². The molecule has 0 aliphatic carbocycles. The van der Waals surface area contributed by atoms with Gasteiger partial charge in [-0.15, -0.1) is 0 Å². The summed E-state index contributed by atoms with van der Waals surface area (Å²) in [6.07, 6.45) is 0. The van der Waals surface area contributed by atoms with Crippen molar-refractivity contribution in [3.05, 3.63) is 45.0 Å². The summed E-state index contributed by atoms with van der Waals surface area (Å²) < 4.78 is 5.15. The minimum absolute atomic E-state index is 0.0970. The Labute approximate surface area is 119 Å². The van der Waals surface area contributed by atoms with Gasteiger partial charge in [-0.1, -0.05) is 23.5 Å². The fraction of sp³-hybridized carbons (Fsp3) is 0.231. The van der Waals surface area contributed by atoms with Gasteiger partial charge in [-0.3, -0.25) is 9.59 Å². The van der Waals surface area contributed by atoms with Crippen LogP contribution in [0.5, 0.6) is 5.75 Å². The fourth-order valence-electron chi connectivity index (χ4n) is 1.65. The number of H-pyrrole nitrogens is 1. The monoisotopic (exact) mass is 293 g/mol. The van der Waals surface area contributed by atoms with Crippen molar-refractivity contribution < 1.29 is 9.53 Å². The summed E-state index contributed by atoms with van der Waals surface area (Å²) in [5, 5.41) is 7.44. The van der Waals surface area contributed by atoms with Gasteiger partial charge >= 0.3 is 4.87 Å². The largest absolute Gasteiger partial charge is 0.495 e. The van der Waals surface area contributed by atoms with E-state index in [0.717, 1.165) is 17.0 Å². The lowest BCUT2D eigenvalue weighted by atomic mass is 10.3. The third-order valence-corrected chi connectivity index (χ3v) is 3.27. The van der Waals surface area contributed by atoms with E-state index in [2.05, 4.69) is 15.6 Å². The SMILES string of the molecule is COc1ccccc1NC(=O)CNCc1csc(=O)[nH]1. The zero-order valence-corrected chi connectivity index (χ0v) is 11.8. The first-order valence-electron chi connectivity index (χ1n) is 5.99. The highest BCUT2D eigenvalue weighted by atomic mass is 32.1. The van der Waals surface area contributed by atoms with Crippen LogP contribution >= 0.6 is 11.3 Å². The van der Waals surface area contributed by atoms with Gasteiger partial charge in [0, 0.05) is 17.6 Å². The molecule has 0 saturated carbocycles. The molecule has 2 rings (SSSR count). The van der Waals surface area contributed by atoms with Crippen LogP contribution in [0.1, 0.15) is 5.69 Å². The second-order valence-corrected chi connectivity index (χ2v) is 4.87. The van der Waals surface area contributed by atoms with Gasteiger partial charge in [0.2, 0.25) is 5.91 Å². The molecule has 3 N–H and O–H groups in total. The third-order valence-electron chi connectivity index (χ3n) is 2.55. The number of carbonyl (C=O) groups is 1. The van der Waals surface area contributed by atoms with Crippen LogP contribution in [0.25, 0.3) is 0 Å². The van der Waals surface area contributed by atoms with E-state index in [-0.39, 0.29) is 17.3 Å². The second-order valence-electron chi connectivity index (χ2n) is 4.03. The molecule has 0 bridgehead atoms. The van der Waals surface area contributed by atoms with Gasteiger partial charge in [-0.25, -0.2) is 0 Å². The van der Waals surface area contributed by atoms with Crippen LogP contribution < -0.4 is 20.2 Å². The van der Waals surface area contributed by atoms with Gasteiger partial charge in [0.05, 0.1) is 19.3 Å². The number of anilines is 1. The number of para-hydroxylation sites is 2. The molecule has 2 aromatic rings. The Hall–Kier alpha value is -2.12. The van der Waals surface area contributed by atoms with Gasteiger partial charge < -0.3 is 20.4 Å². The summed E-state index contributed by atoms with van der Waals surface area (Å²) in [4.78, 5) is 25.3. The first-order valence-corrected chi connectivity index (χ1v) is 6.87. The van der Waals surface area contributed by atoms with Gasteiger partial charge in [0.1, 0.15) is 5.75 Å². The van der Waals surface area contributed by atoms with Crippen molar-refractivity contribution in [2.45, 2.75) is 6.54 Å². The van der Waals surface area contributed by atoms with E-state index in [4.69, 9.17) is 4.74 Å². The van der Waals surface area contributed by atoms with Crippen molar-refractivity contribution in [3.63, 3.8) is 0 Å². The first-order chi connectivity index (χ1) is 9.69. The molecule has 0 aliphatic heterocycles. The summed E-state index contributed by atoms with van der Waals surface area (Å²) >= 11 is 1.10. The molecule has 0 atom stereocenters. The number of amides is 1. The van der Waals surface area contributed by atoms with E-state index < -0.39 is 0 Å². The number of aromatic amines is 1. The maximum atomic E-state index is 11.8. The number of nitrogens with one attached hydrogen (secondary N) is 3. The summed E-state index contributed by atoms with van der Waals surface area (Å²) in [5.41, 5.74) is 1.40. The number of thiazole rings is 1. The zero-order chi connectivity index (χ0) is 14.4. The van der Waals surface area contributed by atoms with Crippen molar-refractivity contribution in [2.24, 2.45) is 0 Å². The third kappa shape index (κ3) is 3.94. The number of rotatable bonds is 6. The summed E-state index contributed by atoms with van der Waals surface area (Å²) in [6, 6.07) is 7.20. The lowest BCUT2D eigenvalue weighted by Gasteiger charge is -2.10. The Balaban J connectivity index is 1.82. The highest BCUT2D eigenvalue weighted by molar-refractivity contribution is 7.07. The van der Waals surface area contributed by atoms with Crippen LogP contribution in [0.2, 0.25) is 0 Å². The van der Waals surface area contributed by atoms with E-state index in [9.17, 15) is 9.59 Å². The molecule has 0 spiro atoms. The number of carbonyl (C=O) groups excluding carboxylic acids is 1. The van der Waals surface area contributed by atoms with E-state index in [1.165, 1.54) is 0 Å². The van der Waals surface area contributed by atoms with Gasteiger partial charge in [0.15, 0.2) is 0 Å². The zero-order valence-electron chi connectivity index (χ0n) is 10.9. The molecule has 1 aromatic heterocycles. The molecule has 1 aromatic carbocycles. The topological polar surface area (TPSA) is 83.2 Å². The molecule has 1 amide bonds. The van der Waals surface area contributed by atoms with Gasteiger partial charge in [-0.05, 0) is 12.1 Å². The van der Waals surface area contributed by atoms with Crippen LogP contribution in [-0.4, -0.2) is 24.5 Å². The Morgan fingerprint density at radius 1 is 1.40 bits per heavy atom. The average Bonchev–Trinajstić information content (AvgIpc) is 2.85. The Kier molecular flexibility index (Phi) is 4.91. The van der Waals surface area contributed by atoms with Crippen molar-refractivity contribution >= 4 is 22.9 Å². The molecule has 20 heavy (non-hydrogen) atoms.